The molecule has 0 radical (unpaired) electrons. The lowest BCUT2D eigenvalue weighted by Gasteiger charge is -2.14. The zero-order valence-electron chi connectivity index (χ0n) is 15.5. The molecule has 0 saturated carbocycles. The first-order chi connectivity index (χ1) is 14.1. The summed E-state index contributed by atoms with van der Waals surface area (Å²) in [4.78, 5) is 29.9. The number of carbonyl (C=O) groups is 2. The van der Waals surface area contributed by atoms with Crippen LogP contribution in [0, 0.1) is 0 Å². The van der Waals surface area contributed by atoms with Gasteiger partial charge in [0.15, 0.2) is 0 Å². The largest absolute Gasteiger partial charge is 0.465 e. The minimum atomic E-state index is -0.192. The third-order valence-electron chi connectivity index (χ3n) is 4.64. The van der Waals surface area contributed by atoms with Gasteiger partial charge in [-0.3, -0.25) is 14.5 Å². The Bertz CT molecular complexity index is 1090. The van der Waals surface area contributed by atoms with Crippen molar-refractivity contribution < 1.29 is 14.0 Å². The van der Waals surface area contributed by atoms with E-state index < -0.39 is 0 Å². The Balaban J connectivity index is 1.26. The maximum atomic E-state index is 12.5. The molecule has 4 rings (SSSR count). The third kappa shape index (κ3) is 4.44. The predicted octanol–water partition coefficient (Wildman–Crippen LogP) is 3.71. The van der Waals surface area contributed by atoms with Gasteiger partial charge < -0.3 is 14.7 Å². The molecular formula is C21H19N3O3S2. The molecule has 29 heavy (non-hydrogen) atoms. The summed E-state index contributed by atoms with van der Waals surface area (Å²) in [5.74, 6) is 0.303. The molecule has 0 bridgehead atoms. The number of benzene rings is 1. The lowest BCUT2D eigenvalue weighted by Crippen LogP contribution is -2.34. The van der Waals surface area contributed by atoms with Crippen molar-refractivity contribution in [3.63, 3.8) is 0 Å². The second kappa shape index (κ2) is 8.67. The summed E-state index contributed by atoms with van der Waals surface area (Å²) in [7, 11) is 0. The summed E-state index contributed by atoms with van der Waals surface area (Å²) in [6.45, 7) is 0.802. The molecule has 1 fully saturated rings. The number of furan rings is 1. The van der Waals surface area contributed by atoms with Crippen LogP contribution in [0.3, 0.4) is 0 Å². The lowest BCUT2D eigenvalue weighted by atomic mass is 10.1. The first-order valence-electron chi connectivity index (χ1n) is 9.22. The lowest BCUT2D eigenvalue weighted by molar-refractivity contribution is -0.123. The Morgan fingerprint density at radius 2 is 2.14 bits per heavy atom. The van der Waals surface area contributed by atoms with E-state index in [1.165, 1.54) is 27.6 Å². The number of nitrogens with zero attached hydrogens (tertiary/aromatic N) is 1. The van der Waals surface area contributed by atoms with Crippen molar-refractivity contribution in [3.05, 3.63) is 65.1 Å². The van der Waals surface area contributed by atoms with Crippen LogP contribution in [0.4, 0.5) is 0 Å². The van der Waals surface area contributed by atoms with Crippen molar-refractivity contribution in [1.29, 1.82) is 0 Å². The average Bonchev–Trinajstić information content (AvgIpc) is 3.43. The van der Waals surface area contributed by atoms with Crippen molar-refractivity contribution >= 4 is 57.1 Å². The number of amides is 2. The van der Waals surface area contributed by atoms with E-state index in [4.69, 9.17) is 16.6 Å². The van der Waals surface area contributed by atoms with Crippen molar-refractivity contribution in [2.75, 3.05) is 13.1 Å². The Labute approximate surface area is 177 Å². The number of carbonyl (C=O) groups excluding carboxylic acids is 2. The summed E-state index contributed by atoms with van der Waals surface area (Å²) in [6.07, 6.45) is 6.13. The van der Waals surface area contributed by atoms with Crippen LogP contribution in [-0.2, 0) is 16.0 Å². The van der Waals surface area contributed by atoms with E-state index >= 15 is 0 Å². The summed E-state index contributed by atoms with van der Waals surface area (Å²) < 4.78 is 5.70. The van der Waals surface area contributed by atoms with Crippen molar-refractivity contribution in [3.8, 4) is 0 Å². The van der Waals surface area contributed by atoms with E-state index in [0.29, 0.717) is 21.5 Å². The Kier molecular flexibility index (Phi) is 5.82. The molecule has 6 nitrogen and oxygen atoms in total. The highest BCUT2D eigenvalue weighted by atomic mass is 32.2. The fraction of sp³-hybridized carbons (Fsp3) is 0.190. The van der Waals surface area contributed by atoms with Gasteiger partial charge in [0, 0.05) is 42.7 Å². The van der Waals surface area contributed by atoms with E-state index in [1.54, 1.807) is 24.5 Å². The number of thioether (sulfide) groups is 1. The van der Waals surface area contributed by atoms with E-state index in [0.717, 1.165) is 11.9 Å². The number of hydrogen-bond donors (Lipinski definition) is 2. The van der Waals surface area contributed by atoms with Gasteiger partial charge in [-0.25, -0.2) is 0 Å². The van der Waals surface area contributed by atoms with Gasteiger partial charge in [0.1, 0.15) is 10.1 Å². The molecule has 2 N–H and O–H groups in total. The van der Waals surface area contributed by atoms with Crippen LogP contribution in [0.5, 0.6) is 0 Å². The van der Waals surface area contributed by atoms with Crippen LogP contribution in [0.2, 0.25) is 0 Å². The standard InChI is InChI=1S/C21H19N3O3S2/c25-19(22-9-7-14-13-23-17-6-2-1-5-16(14)17)8-10-24-20(26)18(29-21(24)28)12-15-4-3-11-27-15/h1-6,11-13,23H,7-10H2,(H,22,25)/b18-12+. The molecule has 1 aromatic carbocycles. The first kappa shape index (κ1) is 19.5. The smallest absolute Gasteiger partial charge is 0.266 e. The molecule has 0 aliphatic carbocycles. The molecule has 1 aliphatic rings. The van der Waals surface area contributed by atoms with Gasteiger partial charge in [-0.1, -0.05) is 42.2 Å². The normalized spacial score (nSPS) is 15.6. The quantitative estimate of drug-likeness (QED) is 0.446. The SMILES string of the molecule is O=C(CCN1C(=O)/C(=C\c2ccco2)SC1=S)NCCc1c[nH]c2ccccc12. The maximum absolute atomic E-state index is 12.5. The summed E-state index contributed by atoms with van der Waals surface area (Å²) in [5, 5.41) is 4.09. The van der Waals surface area contributed by atoms with Crippen LogP contribution >= 0.6 is 24.0 Å². The second-order valence-corrected chi connectivity index (χ2v) is 8.23. The number of H-pyrrole nitrogens is 1. The number of fused-ring (bicyclic) bond motifs is 1. The van der Waals surface area contributed by atoms with Gasteiger partial charge in [0.05, 0.1) is 11.2 Å². The molecule has 0 spiro atoms. The molecular weight excluding hydrogens is 406 g/mol. The number of aromatic amines is 1. The van der Waals surface area contributed by atoms with Crippen LogP contribution in [0.1, 0.15) is 17.7 Å². The molecule has 3 heterocycles. The van der Waals surface area contributed by atoms with Crippen LogP contribution in [-0.4, -0.2) is 39.1 Å². The summed E-state index contributed by atoms with van der Waals surface area (Å²) in [6, 6.07) is 11.6. The zero-order valence-corrected chi connectivity index (χ0v) is 17.1. The van der Waals surface area contributed by atoms with Gasteiger partial charge in [-0.2, -0.15) is 0 Å². The zero-order chi connectivity index (χ0) is 20.2. The number of thiocarbonyl (C=S) groups is 1. The molecule has 2 aromatic heterocycles. The minimum absolute atomic E-state index is 0.103. The second-order valence-electron chi connectivity index (χ2n) is 6.56. The average molecular weight is 426 g/mol. The predicted molar refractivity (Wildman–Crippen MR) is 118 cm³/mol. The van der Waals surface area contributed by atoms with E-state index in [-0.39, 0.29) is 24.8 Å². The van der Waals surface area contributed by atoms with Gasteiger partial charge in [0.2, 0.25) is 5.91 Å². The van der Waals surface area contributed by atoms with Gasteiger partial charge in [-0.15, -0.1) is 0 Å². The van der Waals surface area contributed by atoms with Gasteiger partial charge in [-0.05, 0) is 30.2 Å². The van der Waals surface area contributed by atoms with Crippen molar-refractivity contribution in [2.24, 2.45) is 0 Å². The van der Waals surface area contributed by atoms with Crippen molar-refractivity contribution in [2.45, 2.75) is 12.8 Å². The highest BCUT2D eigenvalue weighted by Gasteiger charge is 2.32. The van der Waals surface area contributed by atoms with E-state index in [9.17, 15) is 9.59 Å². The van der Waals surface area contributed by atoms with Crippen LogP contribution in [0.25, 0.3) is 17.0 Å². The Morgan fingerprint density at radius 1 is 1.28 bits per heavy atom. The number of aromatic nitrogens is 1. The molecule has 1 aliphatic heterocycles. The number of hydrogen-bond acceptors (Lipinski definition) is 5. The highest BCUT2D eigenvalue weighted by Crippen LogP contribution is 2.32. The summed E-state index contributed by atoms with van der Waals surface area (Å²) in [5.41, 5.74) is 2.26. The molecule has 2 amide bonds. The van der Waals surface area contributed by atoms with Gasteiger partial charge >= 0.3 is 0 Å². The van der Waals surface area contributed by atoms with Crippen molar-refractivity contribution in [1.82, 2.24) is 15.2 Å². The number of rotatable bonds is 7. The maximum Gasteiger partial charge on any atom is 0.266 e. The van der Waals surface area contributed by atoms with Gasteiger partial charge in [0.25, 0.3) is 5.91 Å². The molecule has 1 saturated heterocycles. The van der Waals surface area contributed by atoms with Crippen LogP contribution in [0.15, 0.2) is 58.2 Å². The first-order valence-corrected chi connectivity index (χ1v) is 10.4. The topological polar surface area (TPSA) is 78.3 Å². The summed E-state index contributed by atoms with van der Waals surface area (Å²) >= 11 is 6.51. The third-order valence-corrected chi connectivity index (χ3v) is 6.02. The molecule has 3 aromatic rings. The van der Waals surface area contributed by atoms with Crippen LogP contribution < -0.4 is 5.32 Å². The Hall–Kier alpha value is -2.84. The van der Waals surface area contributed by atoms with E-state index in [1.807, 2.05) is 24.4 Å². The van der Waals surface area contributed by atoms with E-state index in [2.05, 4.69) is 16.4 Å². The Morgan fingerprint density at radius 3 is 2.97 bits per heavy atom. The molecule has 148 valence electrons. The fourth-order valence-corrected chi connectivity index (χ4v) is 4.46. The molecule has 8 heteroatoms. The fourth-order valence-electron chi connectivity index (χ4n) is 3.17. The molecule has 0 unspecified atom stereocenters. The molecule has 0 atom stereocenters. The minimum Gasteiger partial charge on any atom is -0.465 e. The highest BCUT2D eigenvalue weighted by molar-refractivity contribution is 8.26. The number of para-hydroxylation sites is 1. The number of nitrogens with one attached hydrogen (secondary N) is 2. The monoisotopic (exact) mass is 425 g/mol.